The molecule has 0 saturated carbocycles. The number of carbonyl (C=O) groups is 5. The molecule has 0 saturated heterocycles. The highest BCUT2D eigenvalue weighted by Crippen LogP contribution is 2.22. The number of nitrogens with two attached hydrogens (primary N) is 1. The number of ether oxygens (including phenoxy) is 5. The fraction of sp³-hybridized carbons (Fsp3) is 0.318. The van der Waals surface area contributed by atoms with Crippen LogP contribution in [0.2, 0.25) is 20.1 Å². The molecule has 0 aliphatic rings. The molecule has 13 nitrogen and oxygen atoms in total. The van der Waals surface area contributed by atoms with E-state index >= 15 is 0 Å². The van der Waals surface area contributed by atoms with Crippen LogP contribution >= 0.6 is 87.1 Å². The van der Waals surface area contributed by atoms with Crippen LogP contribution in [0.5, 0.6) is 0 Å². The number of rotatable bonds is 11. The molecule has 0 unspecified atom stereocenters. The van der Waals surface area contributed by atoms with E-state index in [4.69, 9.17) is 63.4 Å². The quantitative estimate of drug-likeness (QED) is 0.0633. The van der Waals surface area contributed by atoms with Gasteiger partial charge >= 0.3 is 30.0 Å². The van der Waals surface area contributed by atoms with Gasteiger partial charge in [-0.3, -0.25) is 0 Å². The third kappa shape index (κ3) is 22.5. The van der Waals surface area contributed by atoms with Crippen LogP contribution in [0, 0.1) is 6.57 Å². The second-order valence-corrected chi connectivity index (χ2v) is 15.5. The van der Waals surface area contributed by atoms with E-state index in [1.807, 2.05) is 0 Å². The first kappa shape index (κ1) is 61.8. The summed E-state index contributed by atoms with van der Waals surface area (Å²) in [7, 11) is 5.30. The van der Waals surface area contributed by atoms with Gasteiger partial charge in [-0.15, -0.1) is 24.8 Å². The molecule has 0 fully saturated rings. The monoisotopic (exact) mass is 1070 g/mol. The lowest BCUT2D eigenvalue weighted by Gasteiger charge is -2.19. The molecule has 4 aromatic carbocycles. The van der Waals surface area contributed by atoms with Crippen molar-refractivity contribution in [3.63, 3.8) is 0 Å². The molecule has 4 rings (SSSR count). The lowest BCUT2D eigenvalue weighted by molar-refractivity contribution is 0.0524. The average Bonchev–Trinajstić information content (AvgIpc) is 3.24. The van der Waals surface area contributed by atoms with Crippen molar-refractivity contribution >= 4 is 117 Å². The lowest BCUT2D eigenvalue weighted by Crippen LogP contribution is -2.33. The summed E-state index contributed by atoms with van der Waals surface area (Å²) in [5, 5.41) is 5.33. The fourth-order valence-electron chi connectivity index (χ4n) is 4.66. The summed E-state index contributed by atoms with van der Waals surface area (Å²) in [6, 6.07) is 19.9. The average molecular weight is 1070 g/mol. The number of alkyl halides is 1. The maximum atomic E-state index is 11.5. The zero-order chi connectivity index (χ0) is 47.0. The number of methoxy groups -OCH3 is 4. The molecule has 3 N–H and O–H groups in total. The van der Waals surface area contributed by atoms with Gasteiger partial charge in [-0.25, -0.2) is 30.5 Å². The minimum Gasteiger partial charge on any atom is -0.465 e. The second kappa shape index (κ2) is 32.4. The van der Waals surface area contributed by atoms with Crippen molar-refractivity contribution in [2.75, 3.05) is 41.5 Å². The topological polar surface area (TPSA) is 174 Å². The van der Waals surface area contributed by atoms with E-state index in [-0.39, 0.29) is 43.3 Å². The van der Waals surface area contributed by atoms with Crippen LogP contribution in [0.3, 0.4) is 0 Å². The number of hydrogen-bond acceptors (Lipinski definition) is 11. The van der Waals surface area contributed by atoms with Crippen LogP contribution in [0.25, 0.3) is 4.85 Å². The van der Waals surface area contributed by atoms with E-state index in [1.165, 1.54) is 34.5 Å². The van der Waals surface area contributed by atoms with Crippen LogP contribution in [-0.2, 0) is 48.4 Å². The van der Waals surface area contributed by atoms with Crippen molar-refractivity contribution in [1.29, 1.82) is 0 Å². The number of benzene rings is 4. The summed E-state index contributed by atoms with van der Waals surface area (Å²) in [4.78, 5) is 59.4. The third-order valence-corrected chi connectivity index (χ3v) is 9.78. The molecular formula is C44H50BrCl6N3O10. The number of halogens is 7. The highest BCUT2D eigenvalue weighted by atomic mass is 79.9. The van der Waals surface area contributed by atoms with E-state index in [2.05, 4.69) is 45.0 Å². The molecule has 20 heteroatoms. The standard InChI is InChI=1S/C15H20ClNO4.C10H8ClNO2.C10H12ClNO2.C9H8BrClO2.2ClH/c1-15(2,3)21-14(19)17-8-7-10-5-6-11(9-12(10)16)13(18)20-4;1-12-6-8-4-3-7(5-9(8)11)10(13)14-2;1-14-10(13)8-3-2-7(4-5-12)9(11)6-8;1-13-9(12)6-2-3-7(5-10)8(11)4-6;;/h5-6,9H,7-8H2,1-4H3,(H,17,19);3-5H,6H2,2H3;2-3,6H,4-5,12H2,1H3;2-4H,5H2,1H3;2*1H. The van der Waals surface area contributed by atoms with Gasteiger partial charge in [0.25, 0.3) is 0 Å². The lowest BCUT2D eigenvalue weighted by atomic mass is 10.1. The summed E-state index contributed by atoms with van der Waals surface area (Å²) in [5.74, 6) is -1.62. The van der Waals surface area contributed by atoms with Gasteiger partial charge in [-0.2, -0.15) is 0 Å². The Bertz CT molecular complexity index is 2200. The first-order valence-corrected chi connectivity index (χ1v) is 21.0. The molecule has 0 aliphatic carbocycles. The molecule has 0 bridgehead atoms. The van der Waals surface area contributed by atoms with Crippen molar-refractivity contribution in [2.24, 2.45) is 5.73 Å². The smallest absolute Gasteiger partial charge is 0.407 e. The maximum Gasteiger partial charge on any atom is 0.407 e. The van der Waals surface area contributed by atoms with E-state index in [0.29, 0.717) is 79.2 Å². The second-order valence-electron chi connectivity index (χ2n) is 13.4. The third-order valence-electron chi connectivity index (χ3n) is 7.77. The molecule has 0 radical (unpaired) electrons. The van der Waals surface area contributed by atoms with Gasteiger partial charge in [0.2, 0.25) is 6.54 Å². The minimum atomic E-state index is -0.524. The number of nitrogens with zero attached hydrogens (tertiary/aromatic N) is 1. The summed E-state index contributed by atoms with van der Waals surface area (Å²) in [6.07, 6.45) is 0.782. The van der Waals surface area contributed by atoms with Crippen LogP contribution in [0.4, 0.5) is 4.79 Å². The molecule has 0 spiro atoms. The van der Waals surface area contributed by atoms with Crippen molar-refractivity contribution < 1.29 is 47.7 Å². The molecule has 0 atom stereocenters. The van der Waals surface area contributed by atoms with E-state index in [9.17, 15) is 24.0 Å². The first-order chi connectivity index (χ1) is 29.3. The summed E-state index contributed by atoms with van der Waals surface area (Å²) in [6.45, 7) is 13.2. The Labute approximate surface area is 414 Å². The summed E-state index contributed by atoms with van der Waals surface area (Å²) < 4.78 is 23.4. The maximum absolute atomic E-state index is 11.5. The van der Waals surface area contributed by atoms with Crippen LogP contribution in [0.1, 0.15) is 84.5 Å². The number of esters is 4. The summed E-state index contributed by atoms with van der Waals surface area (Å²) >= 11 is 27.1. The van der Waals surface area contributed by atoms with Crippen LogP contribution < -0.4 is 11.1 Å². The predicted octanol–water partition coefficient (Wildman–Crippen LogP) is 11.2. The van der Waals surface area contributed by atoms with Gasteiger partial charge in [0.1, 0.15) is 5.60 Å². The normalized spacial score (nSPS) is 9.75. The van der Waals surface area contributed by atoms with Crippen molar-refractivity contribution in [2.45, 2.75) is 51.1 Å². The van der Waals surface area contributed by atoms with Gasteiger partial charge < -0.3 is 39.6 Å². The molecule has 0 aromatic heterocycles. The van der Waals surface area contributed by atoms with Gasteiger partial charge in [-0.05, 0) is 111 Å². The highest BCUT2D eigenvalue weighted by Gasteiger charge is 2.16. The number of hydrogen-bond donors (Lipinski definition) is 2. The van der Waals surface area contributed by atoms with Crippen LogP contribution in [-0.4, -0.2) is 77.1 Å². The number of alkyl carbamates (subject to hydrolysis) is 1. The van der Waals surface area contributed by atoms with Gasteiger partial charge in [0.05, 0.1) is 55.7 Å². The Morgan fingerprint density at radius 2 is 0.938 bits per heavy atom. The van der Waals surface area contributed by atoms with Gasteiger partial charge in [-0.1, -0.05) is 80.5 Å². The number of carbonyl (C=O) groups excluding carboxylic acids is 5. The molecule has 4 aromatic rings. The SMILES string of the molecule is COC(=O)c1ccc(CBr)c(Cl)c1.COC(=O)c1ccc(CCN)c(Cl)c1.COC(=O)c1ccc(CCNC(=O)OC(C)(C)C)c(Cl)c1.Cl.Cl.[C-]#[N+]Cc1ccc(C(=O)OC)cc1Cl. The van der Waals surface area contributed by atoms with Gasteiger partial charge in [0, 0.05) is 32.5 Å². The summed E-state index contributed by atoms with van der Waals surface area (Å²) in [5.41, 5.74) is 10.0. The van der Waals surface area contributed by atoms with Crippen molar-refractivity contribution in [1.82, 2.24) is 5.32 Å². The van der Waals surface area contributed by atoms with E-state index in [1.54, 1.807) is 87.5 Å². The fourth-order valence-corrected chi connectivity index (χ4v) is 6.35. The zero-order valence-electron chi connectivity index (χ0n) is 36.0. The van der Waals surface area contributed by atoms with Crippen molar-refractivity contribution in [3.8, 4) is 0 Å². The minimum absolute atomic E-state index is 0. The molecule has 350 valence electrons. The van der Waals surface area contributed by atoms with E-state index in [0.717, 1.165) is 16.7 Å². The Balaban J connectivity index is 0. The predicted molar refractivity (Wildman–Crippen MR) is 259 cm³/mol. The number of amides is 1. The molecule has 1 amide bonds. The highest BCUT2D eigenvalue weighted by molar-refractivity contribution is 9.08. The Kier molecular flexibility index (Phi) is 31.3. The largest absolute Gasteiger partial charge is 0.465 e. The molecule has 0 heterocycles. The number of nitrogens with one attached hydrogen (secondary N) is 1. The van der Waals surface area contributed by atoms with E-state index < -0.39 is 23.6 Å². The van der Waals surface area contributed by atoms with Gasteiger partial charge in [0.15, 0.2) is 0 Å². The first-order valence-electron chi connectivity index (χ1n) is 18.3. The molecule has 64 heavy (non-hydrogen) atoms. The Morgan fingerprint density at radius 1 is 0.609 bits per heavy atom. The zero-order valence-corrected chi connectivity index (χ0v) is 42.2. The molecule has 0 aliphatic heterocycles. The van der Waals surface area contributed by atoms with Crippen molar-refractivity contribution in [3.05, 3.63) is 149 Å². The molecular weight excluding hydrogens is 1020 g/mol. The Hall–Kier alpha value is -4.30. The van der Waals surface area contributed by atoms with Crippen LogP contribution in [0.15, 0.2) is 72.8 Å². The Morgan fingerprint density at radius 3 is 1.22 bits per heavy atom.